The fourth-order valence-corrected chi connectivity index (χ4v) is 4.13. The Bertz CT molecular complexity index is 604. The van der Waals surface area contributed by atoms with Crippen molar-refractivity contribution in [3.05, 3.63) is 0 Å². The number of esters is 1. The van der Waals surface area contributed by atoms with Crippen LogP contribution >= 0.6 is 0 Å². The highest BCUT2D eigenvalue weighted by Crippen LogP contribution is 2.18. The van der Waals surface area contributed by atoms with Gasteiger partial charge in [-0.1, -0.05) is 78.1 Å². The Morgan fingerprint density at radius 1 is 0.658 bits per heavy atom. The van der Waals surface area contributed by atoms with Crippen molar-refractivity contribution in [3.8, 4) is 0 Å². The van der Waals surface area contributed by atoms with E-state index in [4.69, 9.17) is 14.6 Å². The van der Waals surface area contributed by atoms with E-state index in [1.807, 2.05) is 6.92 Å². The van der Waals surface area contributed by atoms with Crippen LogP contribution < -0.4 is 0 Å². The molecule has 0 spiro atoms. The van der Waals surface area contributed by atoms with Gasteiger partial charge in [0.25, 0.3) is 0 Å². The van der Waals surface area contributed by atoms with Crippen LogP contribution in [-0.2, 0) is 19.1 Å². The van der Waals surface area contributed by atoms with Gasteiger partial charge in [-0.15, -0.1) is 0 Å². The number of rotatable bonds is 25. The fraction of sp³-hybridized carbons (Fsp3) is 0.926. The highest BCUT2D eigenvalue weighted by molar-refractivity contribution is 5.90. The topological polar surface area (TPSA) is 194 Å². The van der Waals surface area contributed by atoms with Gasteiger partial charge in [0.05, 0.1) is 12.2 Å². The first-order valence-corrected chi connectivity index (χ1v) is 14.2. The van der Waals surface area contributed by atoms with E-state index in [0.717, 1.165) is 25.7 Å². The van der Waals surface area contributed by atoms with E-state index in [2.05, 4.69) is 6.92 Å². The molecule has 0 saturated heterocycles. The van der Waals surface area contributed by atoms with E-state index in [1.165, 1.54) is 38.5 Å². The first-order valence-electron chi connectivity index (χ1n) is 14.2. The molecule has 0 aliphatic rings. The van der Waals surface area contributed by atoms with Crippen LogP contribution in [0.4, 0.5) is 0 Å². The Labute approximate surface area is 226 Å². The van der Waals surface area contributed by atoms with Gasteiger partial charge in [0.15, 0.2) is 24.6 Å². The normalized spacial score (nSPS) is 17.3. The molecule has 38 heavy (non-hydrogen) atoms. The average molecular weight is 553 g/mol. The molecule has 7 N–H and O–H groups in total. The third kappa shape index (κ3) is 15.4. The van der Waals surface area contributed by atoms with Crippen molar-refractivity contribution in [2.45, 2.75) is 147 Å². The molecule has 7 unspecified atom stereocenters. The fourth-order valence-electron chi connectivity index (χ4n) is 4.13. The Kier molecular flexibility index (Phi) is 21.9. The monoisotopic (exact) mass is 552 g/mol. The summed E-state index contributed by atoms with van der Waals surface area (Å²) in [6.07, 6.45) is -0.231. The van der Waals surface area contributed by atoms with E-state index < -0.39 is 68.2 Å². The highest BCUT2D eigenvalue weighted by atomic mass is 16.6. The van der Waals surface area contributed by atoms with Gasteiger partial charge in [0.2, 0.25) is 5.78 Å². The van der Waals surface area contributed by atoms with Crippen molar-refractivity contribution < 1.29 is 54.8 Å². The van der Waals surface area contributed by atoms with Crippen molar-refractivity contribution in [2.24, 2.45) is 0 Å². The van der Waals surface area contributed by atoms with Crippen molar-refractivity contribution in [1.29, 1.82) is 0 Å². The number of hydrogen-bond acceptors (Lipinski definition) is 11. The lowest BCUT2D eigenvalue weighted by Crippen LogP contribution is -2.48. The quantitative estimate of drug-likeness (QED) is 0.0487. The second-order valence-electron chi connectivity index (χ2n) is 9.85. The van der Waals surface area contributed by atoms with Crippen molar-refractivity contribution in [3.63, 3.8) is 0 Å². The molecule has 0 heterocycles. The number of carbonyl (C=O) groups excluding carboxylic acids is 2. The standard InChI is InChI=1S/C27H52O11/c1-3-5-6-7-8-9-10-11-12-14-19(13-4-2)37-26(35)25(34)23(32)21(16-18-29)38-27(36)24(33)22(31)20(30)15-17-28/h19-22,24-26,28-31,33-35H,3-18H2,1-2H3. The van der Waals surface area contributed by atoms with Gasteiger partial charge in [-0.25, -0.2) is 4.79 Å². The number of Topliss-reactive ketones (excluding diaryl/α,β-unsaturated/α-hetero) is 1. The highest BCUT2D eigenvalue weighted by Gasteiger charge is 2.38. The maximum Gasteiger partial charge on any atom is 0.338 e. The molecular formula is C27H52O11. The van der Waals surface area contributed by atoms with Gasteiger partial charge < -0.3 is 45.2 Å². The number of aliphatic hydroxyl groups is 7. The predicted molar refractivity (Wildman–Crippen MR) is 140 cm³/mol. The number of ketones is 1. The smallest absolute Gasteiger partial charge is 0.338 e. The van der Waals surface area contributed by atoms with Crippen LogP contribution in [-0.4, -0.2) is 104 Å². The lowest BCUT2D eigenvalue weighted by Gasteiger charge is -2.27. The molecule has 0 aliphatic carbocycles. The summed E-state index contributed by atoms with van der Waals surface area (Å²) in [5, 5.41) is 68.2. The maximum atomic E-state index is 12.7. The second kappa shape index (κ2) is 22.6. The van der Waals surface area contributed by atoms with Crippen LogP contribution in [0.25, 0.3) is 0 Å². The van der Waals surface area contributed by atoms with Crippen molar-refractivity contribution in [2.75, 3.05) is 13.2 Å². The van der Waals surface area contributed by atoms with Gasteiger partial charge in [0.1, 0.15) is 6.10 Å². The molecule has 0 saturated carbocycles. The Balaban J connectivity index is 4.81. The summed E-state index contributed by atoms with van der Waals surface area (Å²) in [5.41, 5.74) is 0. The van der Waals surface area contributed by atoms with Gasteiger partial charge in [-0.2, -0.15) is 0 Å². The molecule has 0 aliphatic heterocycles. The van der Waals surface area contributed by atoms with Crippen LogP contribution in [0.5, 0.6) is 0 Å². The Hall–Kier alpha value is -1.18. The van der Waals surface area contributed by atoms with Crippen LogP contribution in [0.2, 0.25) is 0 Å². The lowest BCUT2D eigenvalue weighted by molar-refractivity contribution is -0.201. The van der Waals surface area contributed by atoms with Crippen LogP contribution in [0, 0.1) is 0 Å². The molecule has 0 amide bonds. The van der Waals surface area contributed by atoms with E-state index in [-0.39, 0.29) is 12.5 Å². The molecule has 0 aromatic rings. The average Bonchev–Trinajstić information content (AvgIpc) is 2.90. The third-order valence-corrected chi connectivity index (χ3v) is 6.48. The van der Waals surface area contributed by atoms with Gasteiger partial charge in [-0.3, -0.25) is 4.79 Å². The van der Waals surface area contributed by atoms with Crippen molar-refractivity contribution >= 4 is 11.8 Å². The minimum absolute atomic E-state index is 0.315. The summed E-state index contributed by atoms with van der Waals surface area (Å²) >= 11 is 0. The molecule has 0 bridgehead atoms. The predicted octanol–water partition coefficient (Wildman–Crippen LogP) is 1.10. The zero-order valence-electron chi connectivity index (χ0n) is 23.1. The molecule has 11 heteroatoms. The minimum atomic E-state index is -2.24. The molecule has 7 atom stereocenters. The molecule has 0 aromatic carbocycles. The maximum absolute atomic E-state index is 12.7. The SMILES string of the molecule is CCCCCCCCCCCC(CCC)OC(O)C(O)C(=O)C(CCO)OC(=O)C(O)C(O)C(O)CCO. The Morgan fingerprint density at radius 3 is 1.74 bits per heavy atom. The first kappa shape index (κ1) is 36.8. The van der Waals surface area contributed by atoms with Gasteiger partial charge in [0, 0.05) is 19.6 Å². The summed E-state index contributed by atoms with van der Waals surface area (Å²) in [5.74, 6) is -2.62. The molecule has 226 valence electrons. The number of aliphatic hydroxyl groups excluding tert-OH is 7. The third-order valence-electron chi connectivity index (χ3n) is 6.48. The van der Waals surface area contributed by atoms with Crippen LogP contribution in [0.3, 0.4) is 0 Å². The lowest BCUT2D eigenvalue weighted by atomic mass is 10.0. The summed E-state index contributed by atoms with van der Waals surface area (Å²) in [6.45, 7) is 3.02. The van der Waals surface area contributed by atoms with E-state index in [1.54, 1.807) is 0 Å². The number of ether oxygens (including phenoxy) is 2. The zero-order valence-corrected chi connectivity index (χ0v) is 23.1. The van der Waals surface area contributed by atoms with Crippen molar-refractivity contribution in [1.82, 2.24) is 0 Å². The summed E-state index contributed by atoms with van der Waals surface area (Å²) in [6, 6.07) is 0. The summed E-state index contributed by atoms with van der Waals surface area (Å²) < 4.78 is 10.4. The van der Waals surface area contributed by atoms with Crippen LogP contribution in [0.15, 0.2) is 0 Å². The van der Waals surface area contributed by atoms with E-state index in [0.29, 0.717) is 12.8 Å². The molecule has 0 aromatic heterocycles. The van der Waals surface area contributed by atoms with Crippen LogP contribution in [0.1, 0.15) is 104 Å². The summed E-state index contributed by atoms with van der Waals surface area (Å²) in [4.78, 5) is 24.9. The van der Waals surface area contributed by atoms with E-state index in [9.17, 15) is 40.2 Å². The Morgan fingerprint density at radius 2 is 1.21 bits per heavy atom. The number of unbranched alkanes of at least 4 members (excludes halogenated alkanes) is 8. The number of carbonyl (C=O) groups is 2. The molecule has 11 nitrogen and oxygen atoms in total. The van der Waals surface area contributed by atoms with Gasteiger partial charge in [-0.05, 0) is 19.3 Å². The summed E-state index contributed by atoms with van der Waals surface area (Å²) in [7, 11) is 0. The number of hydrogen-bond donors (Lipinski definition) is 7. The second-order valence-corrected chi connectivity index (χ2v) is 9.85. The molecular weight excluding hydrogens is 500 g/mol. The first-order chi connectivity index (χ1) is 18.1. The minimum Gasteiger partial charge on any atom is -0.452 e. The molecule has 0 radical (unpaired) electrons. The molecule has 0 fully saturated rings. The molecule has 0 rings (SSSR count). The van der Waals surface area contributed by atoms with E-state index >= 15 is 0 Å². The zero-order chi connectivity index (χ0) is 28.9. The van der Waals surface area contributed by atoms with Gasteiger partial charge >= 0.3 is 5.97 Å². The largest absolute Gasteiger partial charge is 0.452 e.